The van der Waals surface area contributed by atoms with Crippen molar-refractivity contribution in [2.45, 2.75) is 16.8 Å². The van der Waals surface area contributed by atoms with Crippen LogP contribution in [0.4, 0.5) is 17.6 Å². The molecule has 182 valence electrons. The smallest absolute Gasteiger partial charge is 0.494 e. The molecule has 1 aliphatic heterocycles. The molecule has 0 N–H and O–H groups in total. The molecule has 2 aromatic carbocycles. The normalized spacial score (nSPS) is 16.0. The molecule has 0 spiro atoms. The van der Waals surface area contributed by atoms with Crippen LogP contribution >= 0.6 is 0 Å². The maximum atomic E-state index is 13.5. The summed E-state index contributed by atoms with van der Waals surface area (Å²) in [6, 6.07) is 10.6. The van der Waals surface area contributed by atoms with Gasteiger partial charge in [-0.05, 0) is 42.8 Å². The first-order chi connectivity index (χ1) is 15.7. The van der Waals surface area contributed by atoms with E-state index in [1.807, 2.05) is 0 Å². The number of benzene rings is 2. The molecule has 11 heteroatoms. The van der Waals surface area contributed by atoms with Crippen LogP contribution < -0.4 is 9.47 Å². The maximum Gasteiger partial charge on any atom is 0.501 e. The molecular weight excluding hydrogens is 464 g/mol. The summed E-state index contributed by atoms with van der Waals surface area (Å²) in [5.74, 6) is 0.204. The van der Waals surface area contributed by atoms with E-state index < -0.39 is 20.2 Å². The van der Waals surface area contributed by atoms with E-state index in [1.165, 1.54) is 18.2 Å². The summed E-state index contributed by atoms with van der Waals surface area (Å²) >= 11 is 0. The van der Waals surface area contributed by atoms with E-state index in [1.54, 1.807) is 18.2 Å². The van der Waals surface area contributed by atoms with Gasteiger partial charge in [0.15, 0.2) is 11.6 Å². The molecule has 0 amide bonds. The Hall–Kier alpha value is -2.37. The van der Waals surface area contributed by atoms with Crippen LogP contribution in [0.2, 0.25) is 0 Å². The Morgan fingerprint density at radius 2 is 1.42 bits per heavy atom. The monoisotopic (exact) mass is 490 g/mol. The van der Waals surface area contributed by atoms with Crippen molar-refractivity contribution in [2.75, 3.05) is 52.5 Å². The molecule has 0 atom stereocenters. The van der Waals surface area contributed by atoms with E-state index in [4.69, 9.17) is 9.47 Å². The molecule has 2 aromatic rings. The summed E-state index contributed by atoms with van der Waals surface area (Å²) in [5.41, 5.74) is -5.33. The quantitative estimate of drug-likeness (QED) is 0.375. The average Bonchev–Trinajstić information content (AvgIpc) is 2.78. The van der Waals surface area contributed by atoms with Crippen molar-refractivity contribution >= 4 is 9.84 Å². The average molecular weight is 491 g/mol. The van der Waals surface area contributed by atoms with Crippen LogP contribution in [0.3, 0.4) is 0 Å². The Labute approximate surface area is 190 Å². The molecule has 6 nitrogen and oxygen atoms in total. The van der Waals surface area contributed by atoms with Gasteiger partial charge in [-0.1, -0.05) is 12.1 Å². The summed E-state index contributed by atoms with van der Waals surface area (Å²) in [6.07, 6.45) is 0.721. The number of halogens is 4. The molecule has 3 rings (SSSR count). The summed E-state index contributed by atoms with van der Waals surface area (Å²) in [4.78, 5) is 3.74. The van der Waals surface area contributed by atoms with Crippen LogP contribution in [0.15, 0.2) is 53.4 Å². The van der Waals surface area contributed by atoms with Gasteiger partial charge < -0.3 is 14.4 Å². The fourth-order valence-electron chi connectivity index (χ4n) is 3.41. The maximum absolute atomic E-state index is 13.5. The van der Waals surface area contributed by atoms with E-state index in [0.29, 0.717) is 25.5 Å². The van der Waals surface area contributed by atoms with Gasteiger partial charge in [0.25, 0.3) is 9.84 Å². The third kappa shape index (κ3) is 7.05. The SMILES string of the molecule is O=S(=O)(c1ccc(OCCCN2CCN(CCOc3ccccc3F)CC2)cc1)C(F)(F)F. The first kappa shape index (κ1) is 25.3. The van der Waals surface area contributed by atoms with Crippen LogP contribution in [0, 0.1) is 5.82 Å². The Morgan fingerprint density at radius 1 is 0.818 bits per heavy atom. The fourth-order valence-corrected chi connectivity index (χ4v) is 4.17. The van der Waals surface area contributed by atoms with E-state index in [9.17, 15) is 26.0 Å². The van der Waals surface area contributed by atoms with Gasteiger partial charge in [-0.25, -0.2) is 12.8 Å². The predicted octanol–water partition coefficient (Wildman–Crippen LogP) is 3.58. The molecule has 0 bridgehead atoms. The highest BCUT2D eigenvalue weighted by molar-refractivity contribution is 7.92. The Morgan fingerprint density at radius 3 is 2.03 bits per heavy atom. The number of ether oxygens (including phenoxy) is 2. The molecule has 0 unspecified atom stereocenters. The lowest BCUT2D eigenvalue weighted by Crippen LogP contribution is -2.47. The number of nitrogens with zero attached hydrogens (tertiary/aromatic N) is 2. The van der Waals surface area contributed by atoms with Crippen molar-refractivity contribution in [3.8, 4) is 11.5 Å². The summed E-state index contributed by atoms with van der Waals surface area (Å²) in [5, 5.41) is 0. The third-order valence-electron chi connectivity index (χ3n) is 5.29. The van der Waals surface area contributed by atoms with Crippen LogP contribution in [0.5, 0.6) is 11.5 Å². The molecule has 0 saturated carbocycles. The predicted molar refractivity (Wildman–Crippen MR) is 115 cm³/mol. The van der Waals surface area contributed by atoms with Crippen LogP contribution in [-0.2, 0) is 9.84 Å². The van der Waals surface area contributed by atoms with Gasteiger partial charge in [0.05, 0.1) is 11.5 Å². The molecule has 0 radical (unpaired) electrons. The molecule has 0 aliphatic carbocycles. The van der Waals surface area contributed by atoms with Crippen molar-refractivity contribution in [2.24, 2.45) is 0 Å². The molecule has 1 fully saturated rings. The minimum Gasteiger partial charge on any atom is -0.494 e. The van der Waals surface area contributed by atoms with E-state index in [-0.39, 0.29) is 11.6 Å². The lowest BCUT2D eigenvalue weighted by Gasteiger charge is -2.34. The number of para-hydroxylation sites is 1. The van der Waals surface area contributed by atoms with Crippen molar-refractivity contribution in [1.82, 2.24) is 9.80 Å². The number of sulfone groups is 1. The number of hydrogen-bond acceptors (Lipinski definition) is 6. The minimum absolute atomic E-state index is 0.257. The Bertz CT molecular complexity index is 992. The molecule has 0 aromatic heterocycles. The van der Waals surface area contributed by atoms with Crippen molar-refractivity contribution in [3.63, 3.8) is 0 Å². The van der Waals surface area contributed by atoms with E-state index in [0.717, 1.165) is 51.3 Å². The molecule has 33 heavy (non-hydrogen) atoms. The van der Waals surface area contributed by atoms with Gasteiger partial charge in [-0.3, -0.25) is 4.90 Å². The second kappa shape index (κ2) is 11.2. The van der Waals surface area contributed by atoms with Crippen LogP contribution in [0.25, 0.3) is 0 Å². The Kier molecular flexibility index (Phi) is 8.55. The third-order valence-corrected chi connectivity index (χ3v) is 6.79. The first-order valence-corrected chi connectivity index (χ1v) is 12.0. The van der Waals surface area contributed by atoms with Crippen molar-refractivity contribution < 1.29 is 35.5 Å². The largest absolute Gasteiger partial charge is 0.501 e. The summed E-state index contributed by atoms with van der Waals surface area (Å²) < 4.78 is 85.0. The van der Waals surface area contributed by atoms with E-state index in [2.05, 4.69) is 9.80 Å². The zero-order valence-corrected chi connectivity index (χ0v) is 18.7. The van der Waals surface area contributed by atoms with Crippen LogP contribution in [0.1, 0.15) is 6.42 Å². The zero-order chi connectivity index (χ0) is 23.9. The number of piperazine rings is 1. The highest BCUT2D eigenvalue weighted by Crippen LogP contribution is 2.31. The number of rotatable bonds is 10. The Balaban J connectivity index is 1.30. The van der Waals surface area contributed by atoms with Crippen molar-refractivity contribution in [3.05, 3.63) is 54.3 Å². The highest BCUT2D eigenvalue weighted by Gasteiger charge is 2.46. The number of alkyl halides is 3. The summed E-state index contributed by atoms with van der Waals surface area (Å²) in [6.45, 7) is 5.80. The lowest BCUT2D eigenvalue weighted by atomic mass is 10.3. The zero-order valence-electron chi connectivity index (χ0n) is 17.9. The second-order valence-corrected chi connectivity index (χ2v) is 9.53. The first-order valence-electron chi connectivity index (χ1n) is 10.5. The molecule has 1 aliphatic rings. The molecule has 1 heterocycles. The van der Waals surface area contributed by atoms with Gasteiger partial charge in [-0.15, -0.1) is 0 Å². The minimum atomic E-state index is -5.35. The van der Waals surface area contributed by atoms with Gasteiger partial charge in [0.2, 0.25) is 0 Å². The van der Waals surface area contributed by atoms with E-state index >= 15 is 0 Å². The lowest BCUT2D eigenvalue weighted by molar-refractivity contribution is -0.0436. The highest BCUT2D eigenvalue weighted by atomic mass is 32.2. The van der Waals surface area contributed by atoms with Gasteiger partial charge in [-0.2, -0.15) is 13.2 Å². The molecule has 1 saturated heterocycles. The number of hydrogen-bond donors (Lipinski definition) is 0. The summed E-state index contributed by atoms with van der Waals surface area (Å²) in [7, 11) is -5.35. The van der Waals surface area contributed by atoms with Gasteiger partial charge in [0, 0.05) is 39.3 Å². The van der Waals surface area contributed by atoms with Gasteiger partial charge in [0.1, 0.15) is 12.4 Å². The standard InChI is InChI=1S/C22H26F4N2O4S/c23-20-4-1-2-5-21(20)32-17-15-28-13-11-27(12-14-28)10-3-16-31-18-6-8-19(9-7-18)33(29,30)22(24,25)26/h1-2,4-9H,3,10-17H2. The second-order valence-electron chi connectivity index (χ2n) is 7.58. The fraction of sp³-hybridized carbons (Fsp3) is 0.455. The van der Waals surface area contributed by atoms with Crippen molar-refractivity contribution in [1.29, 1.82) is 0 Å². The van der Waals surface area contributed by atoms with Gasteiger partial charge >= 0.3 is 5.51 Å². The topological polar surface area (TPSA) is 59.1 Å². The molecular formula is C22H26F4N2O4S. The van der Waals surface area contributed by atoms with Crippen LogP contribution in [-0.4, -0.2) is 76.2 Å².